The van der Waals surface area contributed by atoms with E-state index >= 15 is 0 Å². The standard InChI is InChI=1S/C15H21ClN4O2/c1-9(21)6-7-20(3)15(22)17-10(2)14-18-12-5-4-11(16)8-13(12)19-14/h4-5,8-10,21H,6-7H2,1-3H3,(H,17,22)(H,18,19)/t9-,10-/m1/s1. The largest absolute Gasteiger partial charge is 0.393 e. The van der Waals surface area contributed by atoms with Gasteiger partial charge in [0.15, 0.2) is 0 Å². The maximum atomic E-state index is 12.1. The Bertz CT molecular complexity index is 656. The second-order valence-corrected chi connectivity index (χ2v) is 5.95. The molecule has 2 aromatic rings. The summed E-state index contributed by atoms with van der Waals surface area (Å²) in [6, 6.07) is 4.96. The molecule has 0 bridgehead atoms. The summed E-state index contributed by atoms with van der Waals surface area (Å²) >= 11 is 5.95. The molecule has 0 saturated carbocycles. The Morgan fingerprint density at radius 2 is 2.23 bits per heavy atom. The van der Waals surface area contributed by atoms with Crippen LogP contribution in [0.2, 0.25) is 5.02 Å². The second-order valence-electron chi connectivity index (χ2n) is 5.51. The van der Waals surface area contributed by atoms with Gasteiger partial charge in [0.05, 0.1) is 23.2 Å². The van der Waals surface area contributed by atoms with Gasteiger partial charge in [0.1, 0.15) is 5.82 Å². The molecule has 120 valence electrons. The minimum Gasteiger partial charge on any atom is -0.393 e. The normalized spacial score (nSPS) is 13.9. The van der Waals surface area contributed by atoms with Gasteiger partial charge in [-0.1, -0.05) is 11.6 Å². The number of hydrogen-bond acceptors (Lipinski definition) is 3. The van der Waals surface area contributed by atoms with Gasteiger partial charge in [0.25, 0.3) is 0 Å². The number of imidazole rings is 1. The van der Waals surface area contributed by atoms with Gasteiger partial charge in [-0.15, -0.1) is 0 Å². The SMILES string of the molecule is C[C@@H](O)CCN(C)C(=O)N[C@H](C)c1nc2ccc(Cl)cc2[nH]1. The molecule has 0 fully saturated rings. The van der Waals surface area contributed by atoms with Crippen molar-refractivity contribution in [1.82, 2.24) is 20.2 Å². The molecule has 6 nitrogen and oxygen atoms in total. The Hall–Kier alpha value is -1.79. The Kier molecular flexibility index (Phi) is 5.26. The number of halogens is 1. The Morgan fingerprint density at radius 1 is 1.50 bits per heavy atom. The molecule has 0 radical (unpaired) electrons. The van der Waals surface area contributed by atoms with Crippen LogP contribution in [0.15, 0.2) is 18.2 Å². The van der Waals surface area contributed by atoms with Crippen LogP contribution in [0, 0.1) is 0 Å². The summed E-state index contributed by atoms with van der Waals surface area (Å²) < 4.78 is 0. The molecule has 2 atom stereocenters. The lowest BCUT2D eigenvalue weighted by molar-refractivity contribution is 0.162. The number of rotatable bonds is 5. The van der Waals surface area contributed by atoms with E-state index in [4.69, 9.17) is 11.6 Å². The maximum Gasteiger partial charge on any atom is 0.317 e. The Morgan fingerprint density at radius 3 is 2.91 bits per heavy atom. The third-order valence-corrected chi connectivity index (χ3v) is 3.68. The molecule has 0 spiro atoms. The van der Waals surface area contributed by atoms with Crippen LogP contribution in [-0.4, -0.2) is 45.7 Å². The van der Waals surface area contributed by atoms with Crippen molar-refractivity contribution in [3.8, 4) is 0 Å². The van der Waals surface area contributed by atoms with Gasteiger partial charge < -0.3 is 20.3 Å². The summed E-state index contributed by atoms with van der Waals surface area (Å²) in [6.45, 7) is 4.06. The molecule has 22 heavy (non-hydrogen) atoms. The van der Waals surface area contributed by atoms with Crippen molar-refractivity contribution >= 4 is 28.7 Å². The number of benzene rings is 1. The third-order valence-electron chi connectivity index (χ3n) is 3.44. The predicted molar refractivity (Wildman–Crippen MR) is 87.0 cm³/mol. The number of aromatic nitrogens is 2. The smallest absolute Gasteiger partial charge is 0.317 e. The highest BCUT2D eigenvalue weighted by Crippen LogP contribution is 2.19. The van der Waals surface area contributed by atoms with Crippen molar-refractivity contribution in [1.29, 1.82) is 0 Å². The fraction of sp³-hybridized carbons (Fsp3) is 0.467. The van der Waals surface area contributed by atoms with Crippen LogP contribution in [0.3, 0.4) is 0 Å². The first-order chi connectivity index (χ1) is 10.4. The molecule has 7 heteroatoms. The first kappa shape index (κ1) is 16.6. The number of aromatic amines is 1. The molecular formula is C15H21ClN4O2. The van der Waals surface area contributed by atoms with Crippen LogP contribution < -0.4 is 5.32 Å². The van der Waals surface area contributed by atoms with Gasteiger partial charge in [-0.3, -0.25) is 0 Å². The lowest BCUT2D eigenvalue weighted by Crippen LogP contribution is -2.39. The number of aliphatic hydroxyl groups excluding tert-OH is 1. The fourth-order valence-corrected chi connectivity index (χ4v) is 2.22. The highest BCUT2D eigenvalue weighted by molar-refractivity contribution is 6.31. The maximum absolute atomic E-state index is 12.1. The lowest BCUT2D eigenvalue weighted by Gasteiger charge is -2.21. The second kappa shape index (κ2) is 6.98. The van der Waals surface area contributed by atoms with Crippen LogP contribution in [0.4, 0.5) is 4.79 Å². The van der Waals surface area contributed by atoms with Crippen molar-refractivity contribution in [2.75, 3.05) is 13.6 Å². The van der Waals surface area contributed by atoms with Gasteiger partial charge in [0.2, 0.25) is 0 Å². The summed E-state index contributed by atoms with van der Waals surface area (Å²) in [5.41, 5.74) is 1.65. The summed E-state index contributed by atoms with van der Waals surface area (Å²) in [4.78, 5) is 21.2. The molecule has 1 heterocycles. The van der Waals surface area contributed by atoms with Crippen LogP contribution in [-0.2, 0) is 0 Å². The minimum atomic E-state index is -0.423. The number of amides is 2. The zero-order chi connectivity index (χ0) is 16.3. The molecule has 2 rings (SSSR count). The van der Waals surface area contributed by atoms with E-state index in [0.29, 0.717) is 23.8 Å². The lowest BCUT2D eigenvalue weighted by atomic mass is 10.3. The van der Waals surface area contributed by atoms with Gasteiger partial charge >= 0.3 is 6.03 Å². The molecule has 0 aliphatic rings. The van der Waals surface area contributed by atoms with Crippen LogP contribution in [0.5, 0.6) is 0 Å². The fourth-order valence-electron chi connectivity index (χ4n) is 2.05. The van der Waals surface area contributed by atoms with Crippen molar-refractivity contribution in [3.05, 3.63) is 29.0 Å². The average molecular weight is 325 g/mol. The number of nitrogens with one attached hydrogen (secondary N) is 2. The van der Waals surface area contributed by atoms with Crippen LogP contribution in [0.1, 0.15) is 32.1 Å². The molecule has 3 N–H and O–H groups in total. The summed E-state index contributed by atoms with van der Waals surface area (Å²) in [7, 11) is 1.70. The van der Waals surface area contributed by atoms with Crippen LogP contribution >= 0.6 is 11.6 Å². The minimum absolute atomic E-state index is 0.202. The molecule has 0 unspecified atom stereocenters. The van der Waals surface area contributed by atoms with E-state index in [2.05, 4.69) is 15.3 Å². The van der Waals surface area contributed by atoms with Crippen molar-refractivity contribution in [2.45, 2.75) is 32.4 Å². The first-order valence-electron chi connectivity index (χ1n) is 7.21. The zero-order valence-corrected chi connectivity index (χ0v) is 13.7. The van der Waals surface area contributed by atoms with Gasteiger partial charge in [-0.25, -0.2) is 9.78 Å². The van der Waals surface area contributed by atoms with Crippen molar-refractivity contribution in [2.24, 2.45) is 0 Å². The quantitative estimate of drug-likeness (QED) is 0.791. The highest BCUT2D eigenvalue weighted by Gasteiger charge is 2.16. The number of nitrogens with zero attached hydrogens (tertiary/aromatic N) is 2. The van der Waals surface area contributed by atoms with E-state index < -0.39 is 6.10 Å². The van der Waals surface area contributed by atoms with E-state index in [0.717, 1.165) is 11.0 Å². The number of hydrogen-bond donors (Lipinski definition) is 3. The number of urea groups is 1. The Labute approximate surface area is 134 Å². The van der Waals surface area contributed by atoms with Crippen molar-refractivity contribution < 1.29 is 9.90 Å². The van der Waals surface area contributed by atoms with Gasteiger partial charge in [0, 0.05) is 18.6 Å². The molecule has 1 aromatic carbocycles. The van der Waals surface area contributed by atoms with E-state index in [1.165, 1.54) is 0 Å². The zero-order valence-electron chi connectivity index (χ0n) is 12.9. The predicted octanol–water partition coefficient (Wildman–Crippen LogP) is 2.69. The van der Waals surface area contributed by atoms with E-state index in [-0.39, 0.29) is 12.1 Å². The molecule has 0 saturated heterocycles. The summed E-state index contributed by atoms with van der Waals surface area (Å²) in [5.74, 6) is 0.676. The van der Waals surface area contributed by atoms with Gasteiger partial charge in [-0.05, 0) is 38.5 Å². The first-order valence-corrected chi connectivity index (χ1v) is 7.59. The average Bonchev–Trinajstić information content (AvgIpc) is 2.87. The number of carbonyl (C=O) groups excluding carboxylic acids is 1. The molecule has 2 amide bonds. The van der Waals surface area contributed by atoms with E-state index in [9.17, 15) is 9.90 Å². The Balaban J connectivity index is 2.00. The molecule has 1 aromatic heterocycles. The highest BCUT2D eigenvalue weighted by atomic mass is 35.5. The third kappa shape index (κ3) is 4.11. The van der Waals surface area contributed by atoms with Crippen molar-refractivity contribution in [3.63, 3.8) is 0 Å². The van der Waals surface area contributed by atoms with Crippen LogP contribution in [0.25, 0.3) is 11.0 Å². The molecule has 0 aliphatic heterocycles. The van der Waals surface area contributed by atoms with E-state index in [1.807, 2.05) is 13.0 Å². The molecule has 0 aliphatic carbocycles. The monoisotopic (exact) mass is 324 g/mol. The summed E-state index contributed by atoms with van der Waals surface area (Å²) in [5, 5.41) is 12.8. The van der Waals surface area contributed by atoms with Gasteiger partial charge in [-0.2, -0.15) is 0 Å². The van der Waals surface area contributed by atoms with E-state index in [1.54, 1.807) is 31.0 Å². The summed E-state index contributed by atoms with van der Waals surface area (Å²) in [6.07, 6.45) is 0.120. The molecular weight excluding hydrogens is 304 g/mol. The topological polar surface area (TPSA) is 81.2 Å². The number of carbonyl (C=O) groups is 1. The number of fused-ring (bicyclic) bond motifs is 1. The number of aliphatic hydroxyl groups is 1. The number of H-pyrrole nitrogens is 1.